The highest BCUT2D eigenvalue weighted by molar-refractivity contribution is 7.72. The Morgan fingerprint density at radius 3 is 2.68 bits per heavy atom. The highest BCUT2D eigenvalue weighted by Gasteiger charge is 2.44. The first-order valence-electron chi connectivity index (χ1n) is 8.39. The lowest BCUT2D eigenvalue weighted by molar-refractivity contribution is -0.0353. The Morgan fingerprint density at radius 2 is 2.04 bits per heavy atom. The maximum atomic E-state index is 10.5. The van der Waals surface area contributed by atoms with Crippen LogP contribution in [0, 0.1) is 0 Å². The van der Waals surface area contributed by atoms with Crippen LogP contribution in [0.3, 0.4) is 0 Å². The Kier molecular flexibility index (Phi) is 4.90. The zero-order chi connectivity index (χ0) is 18.4. The second kappa shape index (κ2) is 6.68. The zero-order valence-corrected chi connectivity index (χ0v) is 15.7. The Balaban J connectivity index is 1.90. The molecule has 0 aromatic carbocycles. The number of aromatic nitrogens is 4. The molecule has 0 radical (unpaired) electrons. The molecule has 2 aromatic rings. The summed E-state index contributed by atoms with van der Waals surface area (Å²) in [4.78, 5) is 12.9. The van der Waals surface area contributed by atoms with E-state index in [0.29, 0.717) is 35.6 Å². The van der Waals surface area contributed by atoms with Crippen LogP contribution in [-0.4, -0.2) is 73.8 Å². The summed E-state index contributed by atoms with van der Waals surface area (Å²) in [6.07, 6.45) is 4.66. The molecule has 1 aliphatic heterocycles. The first-order valence-corrected chi connectivity index (χ1v) is 11.4. The largest absolute Gasteiger partial charge is 0.388 e. The fourth-order valence-electron chi connectivity index (χ4n) is 3.00. The molecule has 2 aromatic heterocycles. The highest BCUT2D eigenvalue weighted by Crippen LogP contribution is 2.40. The van der Waals surface area contributed by atoms with Gasteiger partial charge in [-0.3, -0.25) is 4.57 Å². The van der Waals surface area contributed by atoms with Crippen molar-refractivity contribution in [1.29, 1.82) is 0 Å². The van der Waals surface area contributed by atoms with Gasteiger partial charge in [0.15, 0.2) is 17.7 Å². The van der Waals surface area contributed by atoms with E-state index in [-0.39, 0.29) is 0 Å². The third-order valence-electron chi connectivity index (χ3n) is 4.44. The van der Waals surface area contributed by atoms with Crippen molar-refractivity contribution in [1.82, 2.24) is 19.5 Å². The van der Waals surface area contributed by atoms with E-state index in [2.05, 4.69) is 34.6 Å². The fraction of sp³-hybridized carbons (Fsp3) is 0.625. The van der Waals surface area contributed by atoms with Gasteiger partial charge in [0.05, 0.1) is 12.4 Å². The van der Waals surface area contributed by atoms with Crippen LogP contribution >= 0.6 is 6.89 Å². The van der Waals surface area contributed by atoms with Crippen molar-refractivity contribution in [2.75, 3.05) is 25.2 Å². The number of hydrogen-bond acceptors (Lipinski definition) is 7. The summed E-state index contributed by atoms with van der Waals surface area (Å²) < 4.78 is 7.59. The van der Waals surface area contributed by atoms with Crippen LogP contribution in [0.4, 0.5) is 5.82 Å². The van der Waals surface area contributed by atoms with Crippen molar-refractivity contribution in [2.24, 2.45) is 0 Å². The molecule has 0 spiro atoms. The molecule has 1 fully saturated rings. The van der Waals surface area contributed by atoms with E-state index in [9.17, 15) is 10.2 Å². The summed E-state index contributed by atoms with van der Waals surface area (Å²) in [5, 5.41) is 20.9. The molecule has 138 valence electrons. The number of nitrogen functional groups attached to an aromatic ring is 1. The fourth-order valence-corrected chi connectivity index (χ4v) is 3.96. The van der Waals surface area contributed by atoms with Crippen molar-refractivity contribution in [3.63, 3.8) is 0 Å². The molecule has 4 atom stereocenters. The molecule has 1 saturated heterocycles. The van der Waals surface area contributed by atoms with Gasteiger partial charge in [0.1, 0.15) is 23.5 Å². The average Bonchev–Trinajstić information content (AvgIpc) is 3.08. The Bertz CT molecular complexity index is 817. The topological polar surface area (TPSA) is 119 Å². The van der Waals surface area contributed by atoms with Crippen molar-refractivity contribution < 1.29 is 14.9 Å². The van der Waals surface area contributed by atoms with Gasteiger partial charge in [0.25, 0.3) is 0 Å². The van der Waals surface area contributed by atoms with Crippen molar-refractivity contribution in [3.8, 4) is 0 Å². The summed E-state index contributed by atoms with van der Waals surface area (Å²) in [7, 11) is 0. The number of ether oxygens (including phenoxy) is 1. The molecule has 0 saturated carbocycles. The summed E-state index contributed by atoms with van der Waals surface area (Å²) >= 11 is 0. The summed E-state index contributed by atoms with van der Waals surface area (Å²) in [5.74, 6) is 0.897. The molecule has 8 nitrogen and oxygen atoms in total. The number of imidazole rings is 1. The van der Waals surface area contributed by atoms with Crippen LogP contribution in [-0.2, 0) is 11.2 Å². The maximum absolute atomic E-state index is 10.5. The number of fused-ring (bicyclic) bond motifs is 1. The van der Waals surface area contributed by atoms with E-state index >= 15 is 0 Å². The molecule has 1 aliphatic rings. The number of hydrogen-bond donors (Lipinski definition) is 3. The van der Waals surface area contributed by atoms with Crippen LogP contribution in [0.5, 0.6) is 0 Å². The van der Waals surface area contributed by atoms with Gasteiger partial charge in [-0.2, -0.15) is 0 Å². The smallest absolute Gasteiger partial charge is 0.167 e. The van der Waals surface area contributed by atoms with E-state index in [1.165, 1.54) is 6.33 Å². The number of aliphatic hydroxyl groups excluding tert-OH is 2. The lowest BCUT2D eigenvalue weighted by Crippen LogP contribution is -2.31. The third-order valence-corrected chi connectivity index (χ3v) is 5.91. The van der Waals surface area contributed by atoms with E-state index in [0.717, 1.165) is 6.16 Å². The van der Waals surface area contributed by atoms with E-state index in [1.807, 2.05) is 6.92 Å². The minimum Gasteiger partial charge on any atom is -0.388 e. The van der Waals surface area contributed by atoms with E-state index < -0.39 is 31.4 Å². The second-order valence-electron chi connectivity index (χ2n) is 7.20. The summed E-state index contributed by atoms with van der Waals surface area (Å²) in [5.41, 5.74) is 6.92. The first kappa shape index (κ1) is 18.3. The normalized spacial score (nSPS) is 27.2. The van der Waals surface area contributed by atoms with Crippen molar-refractivity contribution in [2.45, 2.75) is 44.3 Å². The molecule has 0 amide bonds. The van der Waals surface area contributed by atoms with Crippen molar-refractivity contribution >= 4 is 30.2 Å². The molecule has 25 heavy (non-hydrogen) atoms. The van der Waals surface area contributed by atoms with Crippen LogP contribution in [0.15, 0.2) is 6.33 Å². The molecule has 3 heterocycles. The number of rotatable bonds is 5. The number of nitrogens with zero attached hydrogens (tertiary/aromatic N) is 4. The Labute approximate surface area is 147 Å². The molecule has 3 rings (SSSR count). The lowest BCUT2D eigenvalue weighted by atomic mass is 10.1. The van der Waals surface area contributed by atoms with E-state index in [1.54, 1.807) is 4.57 Å². The van der Waals surface area contributed by atoms with Crippen LogP contribution in [0.25, 0.3) is 11.2 Å². The van der Waals surface area contributed by atoms with Gasteiger partial charge in [-0.15, -0.1) is 13.2 Å². The minimum absolute atomic E-state index is 0.300. The molecular weight excluding hydrogens is 341 g/mol. The minimum atomic E-state index is -1.23. The predicted octanol–water partition coefficient (Wildman–Crippen LogP) is 0.689. The van der Waals surface area contributed by atoms with Gasteiger partial charge >= 0.3 is 0 Å². The van der Waals surface area contributed by atoms with Gasteiger partial charge in [-0.05, 0) is 25.9 Å². The maximum Gasteiger partial charge on any atom is 0.167 e. The molecule has 2 unspecified atom stereocenters. The zero-order valence-electron chi connectivity index (χ0n) is 14.8. The Morgan fingerprint density at radius 1 is 1.32 bits per heavy atom. The van der Waals surface area contributed by atoms with Gasteiger partial charge in [-0.25, -0.2) is 15.0 Å². The SMILES string of the molecule is C=P(C)(C)CCC1OC(n2cnc3c(N)nc(CC)nc32)[C@H](O)[C@@H]1O. The van der Waals surface area contributed by atoms with Crippen LogP contribution < -0.4 is 5.73 Å². The highest BCUT2D eigenvalue weighted by atomic mass is 31.2. The van der Waals surface area contributed by atoms with Gasteiger partial charge < -0.3 is 20.7 Å². The molecule has 0 bridgehead atoms. The summed E-state index contributed by atoms with van der Waals surface area (Å²) in [6, 6.07) is 0. The second-order valence-corrected chi connectivity index (χ2v) is 11.5. The lowest BCUT2D eigenvalue weighted by Gasteiger charge is -2.18. The standard InChI is InChI=1S/C16H26N5O3P/c1-5-10-19-14(17)11-15(20-10)21(8-18-11)16-13(23)12(22)9(24-16)6-7-25(2,3)4/h8-9,12-13,16,22-23H,2,5-7H2,1,3-4H3,(H2,17,19,20)/t9?,12-,13-,16?/m1/s1. The predicted molar refractivity (Wildman–Crippen MR) is 100 cm³/mol. The molecule has 9 heteroatoms. The monoisotopic (exact) mass is 367 g/mol. The quantitative estimate of drug-likeness (QED) is 0.665. The number of aliphatic hydroxyl groups is 2. The summed E-state index contributed by atoms with van der Waals surface area (Å²) in [6.45, 7) is 4.98. The third kappa shape index (κ3) is 3.58. The van der Waals surface area contributed by atoms with Crippen molar-refractivity contribution in [3.05, 3.63) is 12.2 Å². The number of anilines is 1. The molecule has 0 aliphatic carbocycles. The van der Waals surface area contributed by atoms with Crippen LogP contribution in [0.1, 0.15) is 25.4 Å². The van der Waals surface area contributed by atoms with Crippen LogP contribution in [0.2, 0.25) is 0 Å². The van der Waals surface area contributed by atoms with Gasteiger partial charge in [0.2, 0.25) is 0 Å². The number of aryl methyl sites for hydroxylation is 1. The molecule has 4 N–H and O–H groups in total. The molecular formula is C16H26N5O3P. The van der Waals surface area contributed by atoms with E-state index in [4.69, 9.17) is 10.5 Å². The first-order chi connectivity index (χ1) is 11.7. The number of nitrogens with two attached hydrogens (primary N) is 1. The average molecular weight is 367 g/mol. The van der Waals surface area contributed by atoms with Gasteiger partial charge in [-0.1, -0.05) is 6.92 Å². The Hall–Kier alpha value is -1.47. The van der Waals surface area contributed by atoms with Gasteiger partial charge in [0, 0.05) is 6.42 Å².